The van der Waals surface area contributed by atoms with E-state index in [2.05, 4.69) is 0 Å². The fourth-order valence-corrected chi connectivity index (χ4v) is 1.71. The van der Waals surface area contributed by atoms with Gasteiger partial charge in [-0.15, -0.1) is 0 Å². The highest BCUT2D eigenvalue weighted by atomic mass is 19.1. The average molecular weight is 270 g/mol. The van der Waals surface area contributed by atoms with Gasteiger partial charge in [0.05, 0.1) is 13.7 Å². The number of carbonyl (C=O) groups excluding carboxylic acids is 1. The minimum Gasteiger partial charge on any atom is -0.496 e. The number of rotatable bonds is 7. The molecule has 0 radical (unpaired) electrons. The summed E-state index contributed by atoms with van der Waals surface area (Å²) in [6.45, 7) is 1.35. The molecule has 1 rings (SSSR count). The van der Waals surface area contributed by atoms with E-state index in [0.717, 1.165) is 0 Å². The van der Waals surface area contributed by atoms with Gasteiger partial charge < -0.3 is 20.1 Å². The lowest BCUT2D eigenvalue weighted by Gasteiger charge is -2.22. The SMILES string of the molecule is COCCN(CCN)C(=O)c1c(F)cccc1OC. The highest BCUT2D eigenvalue weighted by Crippen LogP contribution is 2.22. The summed E-state index contributed by atoms with van der Waals surface area (Å²) in [5, 5.41) is 0. The van der Waals surface area contributed by atoms with Crippen LogP contribution in [0.3, 0.4) is 0 Å². The van der Waals surface area contributed by atoms with Gasteiger partial charge in [-0.3, -0.25) is 4.79 Å². The molecule has 1 aromatic rings. The number of methoxy groups -OCH3 is 2. The van der Waals surface area contributed by atoms with Gasteiger partial charge in [0.1, 0.15) is 17.1 Å². The Balaban J connectivity index is 3.01. The van der Waals surface area contributed by atoms with E-state index in [-0.39, 0.29) is 11.3 Å². The molecule has 0 atom stereocenters. The third-order valence-electron chi connectivity index (χ3n) is 2.66. The molecule has 0 saturated heterocycles. The van der Waals surface area contributed by atoms with Gasteiger partial charge in [0.15, 0.2) is 0 Å². The third-order valence-corrected chi connectivity index (χ3v) is 2.66. The second kappa shape index (κ2) is 7.70. The van der Waals surface area contributed by atoms with Gasteiger partial charge in [0.25, 0.3) is 5.91 Å². The van der Waals surface area contributed by atoms with Gasteiger partial charge in [-0.05, 0) is 12.1 Å². The third kappa shape index (κ3) is 3.90. The summed E-state index contributed by atoms with van der Waals surface area (Å²) in [4.78, 5) is 13.8. The number of ether oxygens (including phenoxy) is 2. The van der Waals surface area contributed by atoms with Crippen LogP contribution in [0, 0.1) is 5.82 Å². The number of amides is 1. The van der Waals surface area contributed by atoms with Gasteiger partial charge in [-0.2, -0.15) is 0 Å². The van der Waals surface area contributed by atoms with Crippen molar-refractivity contribution in [2.75, 3.05) is 40.5 Å². The molecule has 2 N–H and O–H groups in total. The molecular formula is C13H19FN2O3. The first kappa shape index (κ1) is 15.4. The number of hydrogen-bond donors (Lipinski definition) is 1. The van der Waals surface area contributed by atoms with Crippen LogP contribution in [-0.4, -0.2) is 51.3 Å². The standard InChI is InChI=1S/C13H19FN2O3/c1-18-9-8-16(7-6-15)13(17)12-10(14)4-3-5-11(12)19-2/h3-5H,6-9,15H2,1-2H3. The molecule has 0 unspecified atom stereocenters. The normalized spacial score (nSPS) is 10.3. The van der Waals surface area contributed by atoms with Crippen LogP contribution in [0.25, 0.3) is 0 Å². The molecule has 0 aliphatic carbocycles. The fraction of sp³-hybridized carbons (Fsp3) is 0.462. The van der Waals surface area contributed by atoms with Crippen molar-refractivity contribution < 1.29 is 18.7 Å². The number of nitrogens with zero attached hydrogens (tertiary/aromatic N) is 1. The van der Waals surface area contributed by atoms with Gasteiger partial charge in [-0.25, -0.2) is 4.39 Å². The molecular weight excluding hydrogens is 251 g/mol. The van der Waals surface area contributed by atoms with Crippen LogP contribution in [0.1, 0.15) is 10.4 Å². The van der Waals surface area contributed by atoms with Crippen molar-refractivity contribution in [1.82, 2.24) is 4.90 Å². The Bertz CT molecular complexity index is 426. The highest BCUT2D eigenvalue weighted by Gasteiger charge is 2.22. The van der Waals surface area contributed by atoms with Crippen molar-refractivity contribution in [2.45, 2.75) is 0 Å². The van der Waals surface area contributed by atoms with Crippen LogP contribution in [0.5, 0.6) is 5.75 Å². The van der Waals surface area contributed by atoms with E-state index < -0.39 is 11.7 Å². The summed E-state index contributed by atoms with van der Waals surface area (Å²) in [7, 11) is 2.93. The molecule has 0 heterocycles. The quantitative estimate of drug-likeness (QED) is 0.799. The summed E-state index contributed by atoms with van der Waals surface area (Å²) in [6.07, 6.45) is 0. The number of nitrogens with two attached hydrogens (primary N) is 1. The van der Waals surface area contributed by atoms with E-state index in [1.54, 1.807) is 6.07 Å². The predicted molar refractivity (Wildman–Crippen MR) is 69.8 cm³/mol. The molecule has 0 aliphatic rings. The second-order valence-electron chi connectivity index (χ2n) is 3.89. The number of benzene rings is 1. The molecule has 0 spiro atoms. The van der Waals surface area contributed by atoms with Crippen LogP contribution in [0.2, 0.25) is 0 Å². The summed E-state index contributed by atoms with van der Waals surface area (Å²) < 4.78 is 23.8. The minimum atomic E-state index is -0.608. The van der Waals surface area contributed by atoms with Crippen LogP contribution in [0.15, 0.2) is 18.2 Å². The molecule has 0 fully saturated rings. The molecule has 0 saturated carbocycles. The fourth-order valence-electron chi connectivity index (χ4n) is 1.71. The first-order valence-corrected chi connectivity index (χ1v) is 5.96. The number of carbonyl (C=O) groups is 1. The average Bonchev–Trinajstić information content (AvgIpc) is 2.42. The summed E-state index contributed by atoms with van der Waals surface area (Å²) >= 11 is 0. The molecule has 0 aliphatic heterocycles. The highest BCUT2D eigenvalue weighted by molar-refractivity contribution is 5.97. The molecule has 1 amide bonds. The van der Waals surface area contributed by atoms with Crippen LogP contribution in [-0.2, 0) is 4.74 Å². The van der Waals surface area contributed by atoms with Crippen molar-refractivity contribution >= 4 is 5.91 Å². The molecule has 1 aromatic carbocycles. The number of halogens is 1. The van der Waals surface area contributed by atoms with Gasteiger partial charge in [0, 0.05) is 26.7 Å². The van der Waals surface area contributed by atoms with E-state index in [9.17, 15) is 9.18 Å². The lowest BCUT2D eigenvalue weighted by atomic mass is 10.1. The maximum Gasteiger partial charge on any atom is 0.260 e. The Hall–Kier alpha value is -1.66. The van der Waals surface area contributed by atoms with E-state index in [1.165, 1.54) is 31.3 Å². The summed E-state index contributed by atoms with van der Waals surface area (Å²) in [5.74, 6) is -0.842. The predicted octanol–water partition coefficient (Wildman–Crippen LogP) is 0.882. The van der Waals surface area contributed by atoms with Gasteiger partial charge in [-0.1, -0.05) is 6.07 Å². The zero-order chi connectivity index (χ0) is 14.3. The van der Waals surface area contributed by atoms with Crippen LogP contribution < -0.4 is 10.5 Å². The van der Waals surface area contributed by atoms with Gasteiger partial charge >= 0.3 is 0 Å². The molecule has 106 valence electrons. The lowest BCUT2D eigenvalue weighted by molar-refractivity contribution is 0.0693. The largest absolute Gasteiger partial charge is 0.496 e. The van der Waals surface area contributed by atoms with E-state index in [0.29, 0.717) is 26.2 Å². The van der Waals surface area contributed by atoms with Crippen molar-refractivity contribution in [3.05, 3.63) is 29.6 Å². The summed E-state index contributed by atoms with van der Waals surface area (Å²) in [5.41, 5.74) is 5.39. The van der Waals surface area contributed by atoms with Gasteiger partial charge in [0.2, 0.25) is 0 Å². The van der Waals surface area contributed by atoms with Crippen LogP contribution in [0.4, 0.5) is 4.39 Å². The maximum absolute atomic E-state index is 13.8. The van der Waals surface area contributed by atoms with Crippen molar-refractivity contribution in [3.8, 4) is 5.75 Å². The summed E-state index contributed by atoms with van der Waals surface area (Å²) in [6, 6.07) is 4.27. The molecule has 5 nitrogen and oxygen atoms in total. The smallest absolute Gasteiger partial charge is 0.260 e. The lowest BCUT2D eigenvalue weighted by Crippen LogP contribution is -2.38. The van der Waals surface area contributed by atoms with Crippen LogP contribution >= 0.6 is 0 Å². The van der Waals surface area contributed by atoms with E-state index in [4.69, 9.17) is 15.2 Å². The first-order valence-electron chi connectivity index (χ1n) is 5.96. The topological polar surface area (TPSA) is 64.8 Å². The molecule has 6 heteroatoms. The minimum absolute atomic E-state index is 0.0745. The Morgan fingerprint density at radius 3 is 2.68 bits per heavy atom. The van der Waals surface area contributed by atoms with Crippen molar-refractivity contribution in [2.24, 2.45) is 5.73 Å². The molecule has 0 bridgehead atoms. The van der Waals surface area contributed by atoms with Crippen molar-refractivity contribution in [1.29, 1.82) is 0 Å². The van der Waals surface area contributed by atoms with E-state index in [1.807, 2.05) is 0 Å². The Morgan fingerprint density at radius 1 is 1.37 bits per heavy atom. The Labute approximate surface area is 112 Å². The molecule has 0 aromatic heterocycles. The monoisotopic (exact) mass is 270 g/mol. The zero-order valence-corrected chi connectivity index (χ0v) is 11.2. The number of hydrogen-bond acceptors (Lipinski definition) is 4. The molecule has 19 heavy (non-hydrogen) atoms. The van der Waals surface area contributed by atoms with E-state index >= 15 is 0 Å². The maximum atomic E-state index is 13.8. The van der Waals surface area contributed by atoms with Crippen molar-refractivity contribution in [3.63, 3.8) is 0 Å². The Kier molecular flexibility index (Phi) is 6.24. The first-order chi connectivity index (χ1) is 9.15. The second-order valence-corrected chi connectivity index (χ2v) is 3.89. The zero-order valence-electron chi connectivity index (χ0n) is 11.2. The Morgan fingerprint density at radius 2 is 2.11 bits per heavy atom.